The summed E-state index contributed by atoms with van der Waals surface area (Å²) in [4.78, 5) is 9.71. The van der Waals surface area contributed by atoms with Crippen molar-refractivity contribution in [2.24, 2.45) is 0 Å². The van der Waals surface area contributed by atoms with Crippen LogP contribution in [-0.2, 0) is 0 Å². The third-order valence-corrected chi connectivity index (χ3v) is 4.46. The standard InChI is InChI=1S/C19H17BrN4O/c1-24(2)18-7-4-12(9-15(18)20)8-13(11-21)19-22-16-6-5-14(25-3)10-17(16)23-19/h4-10H,1-3H3,(H,22,23)/b13-8-. The van der Waals surface area contributed by atoms with Crippen molar-refractivity contribution in [1.82, 2.24) is 9.97 Å². The second-order valence-corrected chi connectivity index (χ2v) is 6.60. The number of ether oxygens (including phenoxy) is 1. The van der Waals surface area contributed by atoms with Gasteiger partial charge in [-0.2, -0.15) is 5.26 Å². The molecular formula is C19H17BrN4O. The smallest absolute Gasteiger partial charge is 0.149 e. The summed E-state index contributed by atoms with van der Waals surface area (Å²) in [6, 6.07) is 13.8. The number of rotatable bonds is 4. The number of H-pyrrole nitrogens is 1. The monoisotopic (exact) mass is 396 g/mol. The molecule has 1 heterocycles. The lowest BCUT2D eigenvalue weighted by Crippen LogP contribution is -2.09. The van der Waals surface area contributed by atoms with Crippen LogP contribution in [-0.4, -0.2) is 31.2 Å². The van der Waals surface area contributed by atoms with Crippen LogP contribution in [0.15, 0.2) is 40.9 Å². The Morgan fingerprint density at radius 3 is 2.72 bits per heavy atom. The predicted octanol–water partition coefficient (Wildman–Crippen LogP) is 4.46. The maximum Gasteiger partial charge on any atom is 0.149 e. The Balaban J connectivity index is 2.01. The lowest BCUT2D eigenvalue weighted by Gasteiger charge is -2.14. The Labute approximate surface area is 154 Å². The van der Waals surface area contributed by atoms with Crippen LogP contribution in [0.2, 0.25) is 0 Å². The number of nitriles is 1. The van der Waals surface area contributed by atoms with E-state index in [0.717, 1.165) is 32.5 Å². The second-order valence-electron chi connectivity index (χ2n) is 5.74. The van der Waals surface area contributed by atoms with Gasteiger partial charge in [-0.1, -0.05) is 6.07 Å². The van der Waals surface area contributed by atoms with E-state index in [1.807, 2.05) is 61.5 Å². The third kappa shape index (κ3) is 3.52. The van der Waals surface area contributed by atoms with E-state index >= 15 is 0 Å². The van der Waals surface area contributed by atoms with Crippen LogP contribution < -0.4 is 9.64 Å². The van der Waals surface area contributed by atoms with Crippen molar-refractivity contribution in [1.29, 1.82) is 5.26 Å². The van der Waals surface area contributed by atoms with Crippen LogP contribution in [0.5, 0.6) is 5.75 Å². The van der Waals surface area contributed by atoms with Gasteiger partial charge in [-0.05, 0) is 51.8 Å². The third-order valence-electron chi connectivity index (χ3n) is 3.83. The van der Waals surface area contributed by atoms with Crippen molar-refractivity contribution >= 4 is 44.3 Å². The number of halogens is 1. The number of imidazole rings is 1. The first-order valence-electron chi connectivity index (χ1n) is 7.64. The number of fused-ring (bicyclic) bond motifs is 1. The van der Waals surface area contributed by atoms with Crippen LogP contribution in [0.3, 0.4) is 0 Å². The summed E-state index contributed by atoms with van der Waals surface area (Å²) in [7, 11) is 5.59. The molecule has 0 aliphatic heterocycles. The van der Waals surface area contributed by atoms with E-state index in [2.05, 4.69) is 32.0 Å². The molecule has 0 atom stereocenters. The number of anilines is 1. The Morgan fingerprint density at radius 1 is 1.28 bits per heavy atom. The summed E-state index contributed by atoms with van der Waals surface area (Å²) in [5.41, 5.74) is 4.10. The molecule has 25 heavy (non-hydrogen) atoms. The molecule has 126 valence electrons. The maximum absolute atomic E-state index is 9.56. The molecule has 0 aliphatic carbocycles. The lowest BCUT2D eigenvalue weighted by molar-refractivity contribution is 0.415. The molecule has 1 aromatic heterocycles. The number of nitrogens with one attached hydrogen (secondary N) is 1. The number of hydrogen-bond acceptors (Lipinski definition) is 4. The average Bonchev–Trinajstić information content (AvgIpc) is 3.02. The van der Waals surface area contributed by atoms with E-state index in [1.165, 1.54) is 0 Å². The fraction of sp³-hybridized carbons (Fsp3) is 0.158. The normalized spacial score (nSPS) is 11.4. The van der Waals surface area contributed by atoms with Crippen molar-refractivity contribution in [3.63, 3.8) is 0 Å². The van der Waals surface area contributed by atoms with E-state index < -0.39 is 0 Å². The number of aromatic nitrogens is 2. The van der Waals surface area contributed by atoms with Crippen LogP contribution in [0.25, 0.3) is 22.7 Å². The Morgan fingerprint density at radius 2 is 2.08 bits per heavy atom. The molecule has 0 unspecified atom stereocenters. The number of methoxy groups -OCH3 is 1. The number of benzene rings is 2. The van der Waals surface area contributed by atoms with Crippen molar-refractivity contribution in [2.75, 3.05) is 26.1 Å². The highest BCUT2D eigenvalue weighted by Crippen LogP contribution is 2.28. The molecule has 0 spiro atoms. The molecule has 3 rings (SSSR count). The van der Waals surface area contributed by atoms with Gasteiger partial charge >= 0.3 is 0 Å². The fourth-order valence-corrected chi connectivity index (χ4v) is 3.29. The molecule has 0 fully saturated rings. The molecule has 3 aromatic rings. The van der Waals surface area contributed by atoms with E-state index in [0.29, 0.717) is 11.4 Å². The highest BCUT2D eigenvalue weighted by molar-refractivity contribution is 9.10. The zero-order valence-electron chi connectivity index (χ0n) is 14.2. The van der Waals surface area contributed by atoms with Gasteiger partial charge in [0.2, 0.25) is 0 Å². The Bertz CT molecular complexity index is 998. The SMILES string of the molecule is COc1ccc2nc(/C(C#N)=C\c3ccc(N(C)C)c(Br)c3)[nH]c2c1. The maximum atomic E-state index is 9.56. The quantitative estimate of drug-likeness (QED) is 0.660. The lowest BCUT2D eigenvalue weighted by atomic mass is 10.1. The van der Waals surface area contributed by atoms with Crippen molar-refractivity contribution in [3.05, 3.63) is 52.3 Å². The number of aromatic amines is 1. The predicted molar refractivity (Wildman–Crippen MR) is 105 cm³/mol. The van der Waals surface area contributed by atoms with E-state index in [9.17, 15) is 5.26 Å². The molecular weight excluding hydrogens is 380 g/mol. The first-order chi connectivity index (χ1) is 12.0. The minimum Gasteiger partial charge on any atom is -0.497 e. The second kappa shape index (κ2) is 6.99. The molecule has 6 heteroatoms. The molecule has 0 saturated heterocycles. The largest absolute Gasteiger partial charge is 0.497 e. The molecule has 5 nitrogen and oxygen atoms in total. The molecule has 0 radical (unpaired) electrons. The number of hydrogen-bond donors (Lipinski definition) is 1. The molecule has 1 N–H and O–H groups in total. The first-order valence-corrected chi connectivity index (χ1v) is 8.44. The van der Waals surface area contributed by atoms with Gasteiger partial charge in [0.05, 0.1) is 29.4 Å². The average molecular weight is 397 g/mol. The van der Waals surface area contributed by atoms with Crippen molar-refractivity contribution in [3.8, 4) is 11.8 Å². The van der Waals surface area contributed by atoms with Crippen LogP contribution in [0.4, 0.5) is 5.69 Å². The summed E-state index contributed by atoms with van der Waals surface area (Å²) in [6.45, 7) is 0. The molecule has 2 aromatic carbocycles. The number of allylic oxidation sites excluding steroid dienone is 1. The van der Waals surface area contributed by atoms with Crippen molar-refractivity contribution in [2.45, 2.75) is 0 Å². The van der Waals surface area contributed by atoms with Crippen LogP contribution in [0, 0.1) is 11.3 Å². The highest BCUT2D eigenvalue weighted by atomic mass is 79.9. The zero-order valence-corrected chi connectivity index (χ0v) is 15.8. The zero-order chi connectivity index (χ0) is 18.0. The number of nitrogens with zero attached hydrogens (tertiary/aromatic N) is 3. The molecule has 0 amide bonds. The Hall–Kier alpha value is -2.78. The topological polar surface area (TPSA) is 64.9 Å². The first kappa shape index (κ1) is 17.1. The van der Waals surface area contributed by atoms with Crippen LogP contribution >= 0.6 is 15.9 Å². The van der Waals surface area contributed by atoms with E-state index in [-0.39, 0.29) is 0 Å². The summed E-state index contributed by atoms with van der Waals surface area (Å²) in [5.74, 6) is 1.28. The summed E-state index contributed by atoms with van der Waals surface area (Å²) < 4.78 is 6.19. The van der Waals surface area contributed by atoms with Gasteiger partial charge in [0.15, 0.2) is 0 Å². The Kier molecular flexibility index (Phi) is 4.77. The minimum absolute atomic E-state index is 0.472. The van der Waals surface area contributed by atoms with Gasteiger partial charge in [-0.15, -0.1) is 0 Å². The van der Waals surface area contributed by atoms with Gasteiger partial charge in [0, 0.05) is 24.6 Å². The molecule has 0 saturated carbocycles. The molecule has 0 bridgehead atoms. The van der Waals surface area contributed by atoms with Crippen molar-refractivity contribution < 1.29 is 4.74 Å². The highest BCUT2D eigenvalue weighted by Gasteiger charge is 2.10. The summed E-state index contributed by atoms with van der Waals surface area (Å²) in [6.07, 6.45) is 1.82. The summed E-state index contributed by atoms with van der Waals surface area (Å²) >= 11 is 3.57. The van der Waals surface area contributed by atoms with Gasteiger partial charge < -0.3 is 14.6 Å². The minimum atomic E-state index is 0.472. The van der Waals surface area contributed by atoms with Gasteiger partial charge in [0.1, 0.15) is 17.6 Å². The fourth-order valence-electron chi connectivity index (χ4n) is 2.54. The van der Waals surface area contributed by atoms with E-state index in [1.54, 1.807) is 7.11 Å². The van der Waals surface area contributed by atoms with Gasteiger partial charge in [-0.3, -0.25) is 0 Å². The summed E-state index contributed by atoms with van der Waals surface area (Å²) in [5, 5.41) is 9.56. The molecule has 0 aliphatic rings. The van der Waals surface area contributed by atoms with Gasteiger partial charge in [-0.25, -0.2) is 4.98 Å². The van der Waals surface area contributed by atoms with Crippen LogP contribution in [0.1, 0.15) is 11.4 Å². The van der Waals surface area contributed by atoms with Gasteiger partial charge in [0.25, 0.3) is 0 Å². The van der Waals surface area contributed by atoms with E-state index in [4.69, 9.17) is 4.74 Å².